The Bertz CT molecular complexity index is 586. The first-order valence-corrected chi connectivity index (χ1v) is 7.14. The number of nitrogens with zero attached hydrogens (tertiary/aromatic N) is 1. The van der Waals surface area contributed by atoms with Crippen molar-refractivity contribution in [2.45, 2.75) is 20.3 Å². The summed E-state index contributed by atoms with van der Waals surface area (Å²) in [4.78, 5) is 38.7. The van der Waals surface area contributed by atoms with Crippen LogP contribution in [-0.2, 0) is 9.53 Å². The molecule has 0 aliphatic heterocycles. The highest BCUT2D eigenvalue weighted by atomic mass is 16.5. The fraction of sp³-hybridized carbons (Fsp3) is 0.467. The first kappa shape index (κ1) is 18.6. The quantitative estimate of drug-likeness (QED) is 0.701. The number of esters is 1. The van der Waals surface area contributed by atoms with Gasteiger partial charge in [0.2, 0.25) is 5.91 Å². The number of hydrogen-bond donors (Lipinski definition) is 2. The molecule has 126 valence electrons. The number of amides is 2. The molecule has 0 unspecified atom stereocenters. The van der Waals surface area contributed by atoms with E-state index in [1.165, 1.54) is 19.4 Å². The molecule has 3 N–H and O–H groups in total. The largest absolute Gasteiger partial charge is 0.491 e. The predicted octanol–water partition coefficient (Wildman–Crippen LogP) is 0.508. The Labute approximate surface area is 134 Å². The molecule has 0 bridgehead atoms. The zero-order valence-electron chi connectivity index (χ0n) is 13.4. The predicted molar refractivity (Wildman–Crippen MR) is 82.1 cm³/mol. The average molecular weight is 323 g/mol. The van der Waals surface area contributed by atoms with Gasteiger partial charge in [-0.1, -0.05) is 13.8 Å². The number of imide groups is 1. The minimum atomic E-state index is -0.739. The molecule has 0 saturated carbocycles. The van der Waals surface area contributed by atoms with Gasteiger partial charge in [-0.15, -0.1) is 0 Å². The molecule has 1 heterocycles. The molecule has 23 heavy (non-hydrogen) atoms. The van der Waals surface area contributed by atoms with Gasteiger partial charge in [0.15, 0.2) is 11.4 Å². The second-order valence-corrected chi connectivity index (χ2v) is 5.17. The summed E-state index contributed by atoms with van der Waals surface area (Å²) in [6, 6.07) is 1.36. The monoisotopic (exact) mass is 323 g/mol. The molecular formula is C15H21N3O5. The summed E-state index contributed by atoms with van der Waals surface area (Å²) in [5.41, 5.74) is 5.21. The van der Waals surface area contributed by atoms with Gasteiger partial charge < -0.3 is 15.2 Å². The van der Waals surface area contributed by atoms with E-state index in [4.69, 9.17) is 10.5 Å². The first-order valence-electron chi connectivity index (χ1n) is 7.14. The second kappa shape index (κ2) is 8.84. The van der Waals surface area contributed by atoms with E-state index in [2.05, 4.69) is 15.0 Å². The van der Waals surface area contributed by atoms with Crippen LogP contribution in [0.15, 0.2) is 12.3 Å². The van der Waals surface area contributed by atoms with Crippen molar-refractivity contribution in [2.24, 2.45) is 11.7 Å². The molecule has 1 aromatic heterocycles. The van der Waals surface area contributed by atoms with E-state index < -0.39 is 17.8 Å². The van der Waals surface area contributed by atoms with Gasteiger partial charge in [-0.25, -0.2) is 9.78 Å². The zero-order chi connectivity index (χ0) is 17.4. The minimum absolute atomic E-state index is 0.0943. The van der Waals surface area contributed by atoms with Gasteiger partial charge in [0.25, 0.3) is 5.91 Å². The maximum absolute atomic E-state index is 12.0. The average Bonchev–Trinajstić information content (AvgIpc) is 2.53. The van der Waals surface area contributed by atoms with Crippen molar-refractivity contribution in [1.82, 2.24) is 10.3 Å². The maximum atomic E-state index is 12.0. The van der Waals surface area contributed by atoms with Gasteiger partial charge in [-0.2, -0.15) is 0 Å². The van der Waals surface area contributed by atoms with Crippen LogP contribution in [0, 0.1) is 5.92 Å². The first-order chi connectivity index (χ1) is 10.9. The van der Waals surface area contributed by atoms with Crippen LogP contribution < -0.4 is 15.8 Å². The molecule has 2 amide bonds. The molecule has 0 fully saturated rings. The van der Waals surface area contributed by atoms with Crippen molar-refractivity contribution >= 4 is 17.8 Å². The summed E-state index contributed by atoms with van der Waals surface area (Å²) < 4.78 is 10.2. The van der Waals surface area contributed by atoms with Crippen molar-refractivity contribution in [2.75, 3.05) is 20.3 Å². The third-order valence-electron chi connectivity index (χ3n) is 2.88. The van der Waals surface area contributed by atoms with Crippen molar-refractivity contribution < 1.29 is 23.9 Å². The molecule has 0 aromatic carbocycles. The standard InChI is InChI=1S/C15H21N3O5/c1-9(2)4-5-23-11-6-10(15(21)22-3)8-17-13(11)14(20)18-12(19)7-16/h6,8-9H,4-5,7,16H2,1-3H3,(H,18,19,20). The smallest absolute Gasteiger partial charge is 0.339 e. The highest BCUT2D eigenvalue weighted by Gasteiger charge is 2.19. The van der Waals surface area contributed by atoms with E-state index in [0.29, 0.717) is 12.5 Å². The van der Waals surface area contributed by atoms with Crippen molar-refractivity contribution in [1.29, 1.82) is 0 Å². The molecule has 8 heteroatoms. The van der Waals surface area contributed by atoms with Crippen LogP contribution in [0.5, 0.6) is 5.75 Å². The fourth-order valence-electron chi connectivity index (χ4n) is 1.60. The second-order valence-electron chi connectivity index (χ2n) is 5.17. The number of rotatable bonds is 7. The molecule has 0 radical (unpaired) electrons. The summed E-state index contributed by atoms with van der Waals surface area (Å²) in [7, 11) is 1.24. The van der Waals surface area contributed by atoms with E-state index in [1.807, 2.05) is 13.8 Å². The lowest BCUT2D eigenvalue weighted by Gasteiger charge is -2.12. The summed E-state index contributed by atoms with van der Waals surface area (Å²) in [6.07, 6.45) is 1.94. The Balaban J connectivity index is 3.04. The summed E-state index contributed by atoms with van der Waals surface area (Å²) >= 11 is 0. The van der Waals surface area contributed by atoms with Crippen LogP contribution in [0.25, 0.3) is 0 Å². The van der Waals surface area contributed by atoms with Crippen LogP contribution in [0.4, 0.5) is 0 Å². The van der Waals surface area contributed by atoms with Crippen LogP contribution in [0.2, 0.25) is 0 Å². The number of nitrogens with two attached hydrogens (primary N) is 1. The third kappa shape index (κ3) is 5.67. The van der Waals surface area contributed by atoms with Crippen molar-refractivity contribution in [3.8, 4) is 5.75 Å². The SMILES string of the molecule is COC(=O)c1cnc(C(=O)NC(=O)CN)c(OCCC(C)C)c1. The molecule has 1 aromatic rings. The lowest BCUT2D eigenvalue weighted by Crippen LogP contribution is -2.36. The van der Waals surface area contributed by atoms with Crippen LogP contribution in [-0.4, -0.2) is 43.0 Å². The Morgan fingerprint density at radius 3 is 2.61 bits per heavy atom. The summed E-state index contributed by atoms with van der Waals surface area (Å²) in [5.74, 6) is -1.46. The molecule has 0 aliphatic rings. The van der Waals surface area contributed by atoms with E-state index in [-0.39, 0.29) is 23.6 Å². The molecular weight excluding hydrogens is 302 g/mol. The molecule has 0 aliphatic carbocycles. The third-order valence-corrected chi connectivity index (χ3v) is 2.88. The molecule has 0 spiro atoms. The minimum Gasteiger partial charge on any atom is -0.491 e. The Kier molecular flexibility index (Phi) is 7.14. The number of ether oxygens (including phenoxy) is 2. The van der Waals surface area contributed by atoms with Crippen molar-refractivity contribution in [3.05, 3.63) is 23.5 Å². The number of pyridine rings is 1. The highest BCUT2D eigenvalue weighted by Crippen LogP contribution is 2.19. The van der Waals surface area contributed by atoms with Crippen LogP contribution in [0.1, 0.15) is 41.1 Å². The number of hydrogen-bond acceptors (Lipinski definition) is 7. The number of methoxy groups -OCH3 is 1. The van der Waals surface area contributed by atoms with E-state index in [0.717, 1.165) is 6.42 Å². The lowest BCUT2D eigenvalue weighted by atomic mass is 10.1. The molecule has 1 rings (SSSR count). The van der Waals surface area contributed by atoms with Crippen molar-refractivity contribution in [3.63, 3.8) is 0 Å². The molecule has 0 saturated heterocycles. The maximum Gasteiger partial charge on any atom is 0.339 e. The summed E-state index contributed by atoms with van der Waals surface area (Å²) in [5, 5.41) is 2.09. The van der Waals surface area contributed by atoms with Gasteiger partial charge >= 0.3 is 5.97 Å². The Hall–Kier alpha value is -2.48. The Morgan fingerprint density at radius 2 is 2.04 bits per heavy atom. The number of aromatic nitrogens is 1. The highest BCUT2D eigenvalue weighted by molar-refractivity contribution is 6.06. The van der Waals surface area contributed by atoms with E-state index in [9.17, 15) is 14.4 Å². The fourth-order valence-corrected chi connectivity index (χ4v) is 1.60. The van der Waals surface area contributed by atoms with Gasteiger partial charge in [-0.05, 0) is 18.4 Å². The van der Waals surface area contributed by atoms with Gasteiger partial charge in [0, 0.05) is 6.20 Å². The summed E-state index contributed by atoms with van der Waals surface area (Å²) in [6.45, 7) is 4.07. The molecule has 0 atom stereocenters. The normalized spacial score (nSPS) is 10.3. The molecule has 8 nitrogen and oxygen atoms in total. The topological polar surface area (TPSA) is 121 Å². The van der Waals surface area contributed by atoms with E-state index in [1.54, 1.807) is 0 Å². The van der Waals surface area contributed by atoms with Gasteiger partial charge in [0.05, 0.1) is 25.8 Å². The number of nitrogens with one attached hydrogen (secondary N) is 1. The lowest BCUT2D eigenvalue weighted by molar-refractivity contribution is -0.118. The van der Waals surface area contributed by atoms with Gasteiger partial charge in [0.1, 0.15) is 0 Å². The van der Waals surface area contributed by atoms with Gasteiger partial charge in [-0.3, -0.25) is 14.9 Å². The van der Waals surface area contributed by atoms with E-state index >= 15 is 0 Å². The van der Waals surface area contributed by atoms with Crippen LogP contribution >= 0.6 is 0 Å². The zero-order valence-corrected chi connectivity index (χ0v) is 13.4. The van der Waals surface area contributed by atoms with Crippen LogP contribution in [0.3, 0.4) is 0 Å². The number of carbonyl (C=O) groups excluding carboxylic acids is 3. The Morgan fingerprint density at radius 1 is 1.35 bits per heavy atom. The number of carbonyl (C=O) groups is 3.